The molecule has 0 fully saturated rings. The molecule has 0 aromatic carbocycles. The fraction of sp³-hybridized carbons (Fsp3) is 0.250. The van der Waals surface area contributed by atoms with Gasteiger partial charge in [-0.15, -0.1) is 6.42 Å². The normalized spacial score (nSPS) is 9.08. The molecule has 0 bridgehead atoms. The van der Waals surface area contributed by atoms with Crippen molar-refractivity contribution in [3.8, 4) is 12.3 Å². The van der Waals surface area contributed by atoms with Gasteiger partial charge in [-0.1, -0.05) is 17.7 Å². The molecule has 0 radical (unpaired) electrons. The van der Waals surface area contributed by atoms with Gasteiger partial charge in [-0.2, -0.15) is 0 Å². The fourth-order valence-corrected chi connectivity index (χ4v) is 1.10. The maximum Gasteiger partial charge on any atom is 0.189 e. The first kappa shape index (κ1) is 8.88. The molecule has 1 aromatic heterocycles. The Morgan fingerprint density at radius 2 is 2.42 bits per heavy atom. The number of aromatic nitrogens is 2. The van der Waals surface area contributed by atoms with Gasteiger partial charge < -0.3 is 5.32 Å². The van der Waals surface area contributed by atoms with Crippen LogP contribution in [0.2, 0.25) is 0 Å². The van der Waals surface area contributed by atoms with E-state index in [2.05, 4.69) is 21.2 Å². The van der Waals surface area contributed by atoms with Crippen molar-refractivity contribution in [3.63, 3.8) is 0 Å². The largest absolute Gasteiger partial charge is 0.372 e. The summed E-state index contributed by atoms with van der Waals surface area (Å²) >= 11 is 1.49. The van der Waals surface area contributed by atoms with E-state index >= 15 is 0 Å². The Hall–Kier alpha value is -1.21. The Morgan fingerprint density at radius 1 is 1.67 bits per heavy atom. The Kier molecular flexibility index (Phi) is 2.94. The van der Waals surface area contributed by atoms with Gasteiger partial charge in [-0.25, -0.2) is 9.97 Å². The number of rotatable bonds is 2. The highest BCUT2D eigenvalue weighted by Gasteiger charge is 2.01. The van der Waals surface area contributed by atoms with E-state index in [9.17, 15) is 0 Å². The molecule has 1 aromatic rings. The minimum atomic E-state index is 0.690. The molecule has 0 amide bonds. The predicted octanol–water partition coefficient (Wildman–Crippen LogP) is 1.22. The standard InChI is InChI=1S/C8H9N3S/c1-4-6-5-10-8(12-3)11-7(6)9-2/h1,5H,2-3H3,(H,9,10,11). The van der Waals surface area contributed by atoms with Gasteiger partial charge in [-0.05, 0) is 6.26 Å². The molecule has 0 unspecified atom stereocenters. The predicted molar refractivity (Wildman–Crippen MR) is 51.3 cm³/mol. The molecule has 1 heterocycles. The van der Waals surface area contributed by atoms with Gasteiger partial charge in [0.05, 0.1) is 5.56 Å². The van der Waals surface area contributed by atoms with Crippen molar-refractivity contribution in [2.24, 2.45) is 0 Å². The minimum absolute atomic E-state index is 0.690. The number of nitrogens with one attached hydrogen (secondary N) is 1. The van der Waals surface area contributed by atoms with Crippen molar-refractivity contribution < 1.29 is 0 Å². The molecule has 1 N–H and O–H groups in total. The third-order valence-electron chi connectivity index (χ3n) is 1.34. The highest BCUT2D eigenvalue weighted by molar-refractivity contribution is 7.98. The Balaban J connectivity index is 3.13. The lowest BCUT2D eigenvalue weighted by Gasteiger charge is -2.02. The molecule has 0 saturated heterocycles. The second-order valence-electron chi connectivity index (χ2n) is 2.01. The van der Waals surface area contributed by atoms with Crippen LogP contribution in [-0.4, -0.2) is 23.3 Å². The van der Waals surface area contributed by atoms with Crippen LogP contribution in [0.4, 0.5) is 5.82 Å². The highest BCUT2D eigenvalue weighted by atomic mass is 32.2. The van der Waals surface area contributed by atoms with E-state index in [-0.39, 0.29) is 0 Å². The van der Waals surface area contributed by atoms with E-state index in [0.29, 0.717) is 11.4 Å². The molecule has 0 atom stereocenters. The average molecular weight is 179 g/mol. The average Bonchev–Trinajstić information content (AvgIpc) is 2.16. The SMILES string of the molecule is C#Cc1cnc(SC)nc1NC. The van der Waals surface area contributed by atoms with E-state index < -0.39 is 0 Å². The van der Waals surface area contributed by atoms with Crippen molar-refractivity contribution in [2.45, 2.75) is 5.16 Å². The number of thioether (sulfide) groups is 1. The minimum Gasteiger partial charge on any atom is -0.372 e. The molecule has 0 aliphatic rings. The van der Waals surface area contributed by atoms with Crippen molar-refractivity contribution in [3.05, 3.63) is 11.8 Å². The van der Waals surface area contributed by atoms with E-state index in [1.807, 2.05) is 6.26 Å². The quantitative estimate of drug-likeness (QED) is 0.421. The molecule has 0 aliphatic heterocycles. The van der Waals surface area contributed by atoms with Crippen LogP contribution in [0.5, 0.6) is 0 Å². The van der Waals surface area contributed by atoms with Crippen molar-refractivity contribution >= 4 is 17.6 Å². The first-order chi connectivity index (χ1) is 5.81. The van der Waals surface area contributed by atoms with Crippen LogP contribution in [-0.2, 0) is 0 Å². The van der Waals surface area contributed by atoms with Crippen molar-refractivity contribution in [1.29, 1.82) is 0 Å². The molecular formula is C8H9N3S. The lowest BCUT2D eigenvalue weighted by atomic mass is 10.3. The van der Waals surface area contributed by atoms with Crippen molar-refractivity contribution in [1.82, 2.24) is 9.97 Å². The molecular weight excluding hydrogens is 170 g/mol. The molecule has 12 heavy (non-hydrogen) atoms. The summed E-state index contributed by atoms with van der Waals surface area (Å²) in [4.78, 5) is 8.22. The van der Waals surface area contributed by atoms with Gasteiger partial charge in [0.2, 0.25) is 0 Å². The van der Waals surface area contributed by atoms with Crippen molar-refractivity contribution in [2.75, 3.05) is 18.6 Å². The zero-order valence-electron chi connectivity index (χ0n) is 6.96. The third kappa shape index (κ3) is 1.69. The Morgan fingerprint density at radius 3 is 2.92 bits per heavy atom. The first-order valence-corrected chi connectivity index (χ1v) is 4.59. The number of nitrogens with zero attached hydrogens (tertiary/aromatic N) is 2. The second kappa shape index (κ2) is 3.98. The zero-order valence-corrected chi connectivity index (χ0v) is 7.77. The van der Waals surface area contributed by atoms with Crippen LogP contribution in [0, 0.1) is 12.3 Å². The molecule has 4 heteroatoms. The maximum absolute atomic E-state index is 5.24. The van der Waals surface area contributed by atoms with Crippen LogP contribution >= 0.6 is 11.8 Å². The summed E-state index contributed by atoms with van der Waals surface area (Å²) in [6, 6.07) is 0. The van der Waals surface area contributed by atoms with Crippen LogP contribution in [0.25, 0.3) is 0 Å². The van der Waals surface area contributed by atoms with E-state index in [1.54, 1.807) is 13.2 Å². The molecule has 3 nitrogen and oxygen atoms in total. The van der Waals surface area contributed by atoms with E-state index in [1.165, 1.54) is 11.8 Å². The van der Waals surface area contributed by atoms with Crippen LogP contribution in [0.1, 0.15) is 5.56 Å². The summed E-state index contributed by atoms with van der Waals surface area (Å²) < 4.78 is 0. The van der Waals surface area contributed by atoms with Gasteiger partial charge >= 0.3 is 0 Å². The summed E-state index contributed by atoms with van der Waals surface area (Å²) in [5.41, 5.74) is 0.690. The number of hydrogen-bond donors (Lipinski definition) is 1. The first-order valence-electron chi connectivity index (χ1n) is 3.37. The molecule has 62 valence electrons. The second-order valence-corrected chi connectivity index (χ2v) is 2.79. The molecule has 1 rings (SSSR count). The van der Waals surface area contributed by atoms with Gasteiger partial charge in [0.15, 0.2) is 5.16 Å². The van der Waals surface area contributed by atoms with Gasteiger partial charge in [0, 0.05) is 13.2 Å². The topological polar surface area (TPSA) is 37.8 Å². The maximum atomic E-state index is 5.24. The third-order valence-corrected chi connectivity index (χ3v) is 1.90. The van der Waals surface area contributed by atoms with Gasteiger partial charge in [0.25, 0.3) is 0 Å². The Bertz CT molecular complexity index is 317. The Labute approximate surface area is 76.0 Å². The zero-order chi connectivity index (χ0) is 8.97. The summed E-state index contributed by atoms with van der Waals surface area (Å²) in [6.45, 7) is 0. The van der Waals surface area contributed by atoms with Crippen LogP contribution in [0.3, 0.4) is 0 Å². The monoisotopic (exact) mass is 179 g/mol. The van der Waals surface area contributed by atoms with Crippen LogP contribution in [0.15, 0.2) is 11.4 Å². The smallest absolute Gasteiger partial charge is 0.189 e. The fourth-order valence-electron chi connectivity index (χ4n) is 0.760. The van der Waals surface area contributed by atoms with E-state index in [0.717, 1.165) is 5.16 Å². The lowest BCUT2D eigenvalue weighted by molar-refractivity contribution is 0.967. The van der Waals surface area contributed by atoms with Gasteiger partial charge in [0.1, 0.15) is 5.82 Å². The molecule has 0 saturated carbocycles. The number of anilines is 1. The molecule has 0 aliphatic carbocycles. The summed E-state index contributed by atoms with van der Waals surface area (Å²) in [6.07, 6.45) is 8.81. The van der Waals surface area contributed by atoms with E-state index in [4.69, 9.17) is 6.42 Å². The highest BCUT2D eigenvalue weighted by Crippen LogP contribution is 2.14. The lowest BCUT2D eigenvalue weighted by Crippen LogP contribution is -1.98. The number of terminal acetylenes is 1. The molecule has 0 spiro atoms. The van der Waals surface area contributed by atoms with Crippen LogP contribution < -0.4 is 5.32 Å². The summed E-state index contributed by atoms with van der Waals surface area (Å²) in [7, 11) is 1.78. The summed E-state index contributed by atoms with van der Waals surface area (Å²) in [5, 5.41) is 3.63. The number of hydrogen-bond acceptors (Lipinski definition) is 4. The van der Waals surface area contributed by atoms with Gasteiger partial charge in [-0.3, -0.25) is 0 Å². The summed E-state index contributed by atoms with van der Waals surface area (Å²) in [5.74, 6) is 3.21.